The Bertz CT molecular complexity index is 1940. The Morgan fingerprint density at radius 2 is 1.02 bits per heavy atom. The summed E-state index contributed by atoms with van der Waals surface area (Å²) in [4.78, 5) is 15.1. The second-order valence-electron chi connectivity index (χ2n) is 10.5. The summed E-state index contributed by atoms with van der Waals surface area (Å²) in [7, 11) is 0. The quantitative estimate of drug-likeness (QED) is 0.186. The van der Waals surface area contributed by atoms with Gasteiger partial charge < -0.3 is 0 Å². The predicted molar refractivity (Wildman–Crippen MR) is 176 cm³/mol. The maximum Gasteiger partial charge on any atom is 0.164 e. The second-order valence-corrected chi connectivity index (χ2v) is 10.5. The van der Waals surface area contributed by atoms with Gasteiger partial charge >= 0.3 is 0 Å². The van der Waals surface area contributed by atoms with E-state index < -0.39 is 5.41 Å². The number of hydrogen-bond acceptors (Lipinski definition) is 3. The highest BCUT2D eigenvalue weighted by atomic mass is 15.0. The molecular weight excluding hydrogens is 522 g/mol. The lowest BCUT2D eigenvalue weighted by molar-refractivity contribution is 0.767. The molecule has 1 heterocycles. The van der Waals surface area contributed by atoms with E-state index in [-0.39, 0.29) is 0 Å². The third kappa shape index (κ3) is 4.25. The molecule has 1 aromatic heterocycles. The summed E-state index contributed by atoms with van der Waals surface area (Å²) in [5.41, 5.74) is 9.10. The summed E-state index contributed by atoms with van der Waals surface area (Å²) in [6.45, 7) is 8.31. The summed E-state index contributed by atoms with van der Waals surface area (Å²) in [6.07, 6.45) is 5.87. The van der Waals surface area contributed by atoms with Gasteiger partial charge in [0.2, 0.25) is 0 Å². The van der Waals surface area contributed by atoms with Crippen molar-refractivity contribution in [3.63, 3.8) is 0 Å². The molecule has 7 rings (SSSR count). The van der Waals surface area contributed by atoms with Crippen LogP contribution in [0.2, 0.25) is 0 Å². The summed E-state index contributed by atoms with van der Waals surface area (Å²) in [5, 5.41) is 0. The molecule has 5 aromatic carbocycles. The molecule has 1 atom stereocenters. The summed E-state index contributed by atoms with van der Waals surface area (Å²) in [5.74, 6) is 1.91. The van der Waals surface area contributed by atoms with Crippen molar-refractivity contribution in [1.29, 1.82) is 0 Å². The van der Waals surface area contributed by atoms with Crippen molar-refractivity contribution in [2.75, 3.05) is 0 Å². The van der Waals surface area contributed by atoms with E-state index >= 15 is 0 Å². The van der Waals surface area contributed by atoms with Crippen LogP contribution in [-0.4, -0.2) is 15.0 Å². The number of rotatable bonds is 7. The molecule has 3 nitrogen and oxygen atoms in total. The minimum Gasteiger partial charge on any atom is -0.208 e. The second kappa shape index (κ2) is 11.0. The summed E-state index contributed by atoms with van der Waals surface area (Å²) < 4.78 is 0. The molecule has 1 unspecified atom stereocenters. The Labute approximate surface area is 252 Å². The van der Waals surface area contributed by atoms with Gasteiger partial charge in [-0.15, -0.1) is 0 Å². The molecule has 0 amide bonds. The van der Waals surface area contributed by atoms with Crippen molar-refractivity contribution in [3.8, 4) is 45.3 Å². The van der Waals surface area contributed by atoms with Crippen molar-refractivity contribution in [3.05, 3.63) is 187 Å². The normalized spacial score (nSPS) is 15.4. The maximum absolute atomic E-state index is 5.10. The Morgan fingerprint density at radius 3 is 1.63 bits per heavy atom. The molecule has 1 aliphatic rings. The molecule has 6 aromatic rings. The topological polar surface area (TPSA) is 38.7 Å². The highest BCUT2D eigenvalue weighted by Gasteiger charge is 2.47. The Kier molecular flexibility index (Phi) is 6.69. The molecular formula is C40H29N3. The summed E-state index contributed by atoms with van der Waals surface area (Å²) >= 11 is 0. The van der Waals surface area contributed by atoms with Crippen LogP contribution in [0, 0.1) is 0 Å². The molecule has 0 aliphatic heterocycles. The van der Waals surface area contributed by atoms with Gasteiger partial charge in [-0.3, -0.25) is 0 Å². The minimum atomic E-state index is -0.587. The van der Waals surface area contributed by atoms with E-state index in [0.29, 0.717) is 17.5 Å². The Hall–Kier alpha value is -5.67. The lowest BCUT2D eigenvalue weighted by Crippen LogP contribution is -2.29. The number of aromatic nitrogens is 3. The van der Waals surface area contributed by atoms with Gasteiger partial charge in [0, 0.05) is 16.7 Å². The van der Waals surface area contributed by atoms with E-state index in [9.17, 15) is 0 Å². The first-order chi connectivity index (χ1) is 21.3. The lowest BCUT2D eigenvalue weighted by atomic mass is 9.67. The fourth-order valence-electron chi connectivity index (χ4n) is 6.39. The van der Waals surface area contributed by atoms with Crippen LogP contribution in [0.15, 0.2) is 170 Å². The van der Waals surface area contributed by atoms with Gasteiger partial charge in [-0.1, -0.05) is 165 Å². The molecule has 1 aliphatic carbocycles. The molecule has 43 heavy (non-hydrogen) atoms. The predicted octanol–water partition coefficient (Wildman–Crippen LogP) is 9.49. The van der Waals surface area contributed by atoms with Gasteiger partial charge in [0.15, 0.2) is 17.5 Å². The Morgan fingerprint density at radius 1 is 0.512 bits per heavy atom. The zero-order valence-corrected chi connectivity index (χ0v) is 23.7. The van der Waals surface area contributed by atoms with E-state index in [1.54, 1.807) is 0 Å². The zero-order valence-electron chi connectivity index (χ0n) is 23.7. The fraction of sp³-hybridized carbons (Fsp3) is 0.0250. The number of allylic oxidation sites excluding steroid dienone is 4. The first-order valence-electron chi connectivity index (χ1n) is 14.4. The largest absolute Gasteiger partial charge is 0.208 e. The number of fused-ring (bicyclic) bond motifs is 3. The van der Waals surface area contributed by atoms with Crippen LogP contribution in [0.3, 0.4) is 0 Å². The van der Waals surface area contributed by atoms with Crippen molar-refractivity contribution < 1.29 is 0 Å². The molecule has 0 spiro atoms. The van der Waals surface area contributed by atoms with Gasteiger partial charge in [0.25, 0.3) is 0 Å². The van der Waals surface area contributed by atoms with Crippen LogP contribution in [0.25, 0.3) is 45.3 Å². The van der Waals surface area contributed by atoms with Gasteiger partial charge in [0.1, 0.15) is 0 Å². The van der Waals surface area contributed by atoms with Crippen molar-refractivity contribution in [1.82, 2.24) is 15.0 Å². The van der Waals surface area contributed by atoms with E-state index in [1.807, 2.05) is 72.8 Å². The third-order valence-corrected chi connectivity index (χ3v) is 8.17. The van der Waals surface area contributed by atoms with Gasteiger partial charge in [-0.25, -0.2) is 15.0 Å². The van der Waals surface area contributed by atoms with Crippen LogP contribution in [-0.2, 0) is 5.41 Å². The molecule has 0 bridgehead atoms. The minimum absolute atomic E-state index is 0.587. The average Bonchev–Trinajstić information content (AvgIpc) is 3.39. The van der Waals surface area contributed by atoms with Crippen molar-refractivity contribution >= 4 is 0 Å². The lowest BCUT2D eigenvalue weighted by Gasteiger charge is -2.34. The van der Waals surface area contributed by atoms with E-state index in [0.717, 1.165) is 44.5 Å². The first kappa shape index (κ1) is 26.2. The van der Waals surface area contributed by atoms with Gasteiger partial charge in [-0.05, 0) is 33.4 Å². The molecule has 0 fully saturated rings. The highest BCUT2D eigenvalue weighted by Crippen LogP contribution is 2.58. The SMILES string of the molecule is C=C/C=C(\C=C)C1(c2ccccc2)c2ccccc2-c2c(-c3nc(-c4ccccc4)nc(-c4ccccc4)n3)cccc21. The van der Waals surface area contributed by atoms with E-state index in [4.69, 9.17) is 15.0 Å². The smallest absolute Gasteiger partial charge is 0.164 e. The molecule has 0 N–H and O–H groups in total. The molecule has 0 saturated heterocycles. The number of benzene rings is 5. The van der Waals surface area contributed by atoms with Crippen LogP contribution in [0.5, 0.6) is 0 Å². The van der Waals surface area contributed by atoms with Crippen molar-refractivity contribution in [2.45, 2.75) is 5.41 Å². The third-order valence-electron chi connectivity index (χ3n) is 8.17. The van der Waals surface area contributed by atoms with E-state index in [2.05, 4.69) is 92.0 Å². The van der Waals surface area contributed by atoms with Crippen LogP contribution < -0.4 is 0 Å². The monoisotopic (exact) mass is 551 g/mol. The fourth-order valence-corrected chi connectivity index (χ4v) is 6.39. The van der Waals surface area contributed by atoms with Crippen LogP contribution in [0.1, 0.15) is 16.7 Å². The molecule has 3 heteroatoms. The average molecular weight is 552 g/mol. The number of nitrogens with zero attached hydrogens (tertiary/aromatic N) is 3. The molecule has 0 radical (unpaired) electrons. The zero-order chi connectivity index (χ0) is 29.2. The Balaban J connectivity index is 1.57. The maximum atomic E-state index is 5.10. The van der Waals surface area contributed by atoms with Crippen LogP contribution >= 0.6 is 0 Å². The summed E-state index contributed by atoms with van der Waals surface area (Å²) in [6, 6.07) is 45.9. The first-order valence-corrected chi connectivity index (χ1v) is 14.4. The van der Waals surface area contributed by atoms with Crippen molar-refractivity contribution in [2.24, 2.45) is 0 Å². The van der Waals surface area contributed by atoms with Gasteiger partial charge in [-0.2, -0.15) is 0 Å². The van der Waals surface area contributed by atoms with E-state index in [1.165, 1.54) is 5.56 Å². The van der Waals surface area contributed by atoms with Gasteiger partial charge in [0.05, 0.1) is 5.41 Å². The standard InChI is InChI=1S/C40H29N3/c1-3-17-30(4-2)40(31-22-12-7-13-23-31)34-26-15-14-24-32(34)36-33(25-16-27-35(36)40)39-42-37(28-18-8-5-9-19-28)41-38(43-39)29-20-10-6-11-21-29/h3-27H,1-2H2/b30-17+. The highest BCUT2D eigenvalue weighted by molar-refractivity contribution is 5.94. The molecule has 0 saturated carbocycles. The number of hydrogen-bond donors (Lipinski definition) is 0. The molecule has 204 valence electrons. The van der Waals surface area contributed by atoms with Crippen LogP contribution in [0.4, 0.5) is 0 Å².